The molecule has 2 N–H and O–H groups in total. The SMILES string of the molecule is [2H]c1c([2H])c([2H])c(-c2c([2H])c([2H])c(N)c([2H])c2[2H])c([2H])c1[2H].[2H]c1c([2H])c([2H])c(-c2c([2H])c([2H])c([2H])c([2H])c2[2H])c([2H])c1[2H]. The van der Waals surface area contributed by atoms with Gasteiger partial charge in [0.1, 0.15) is 0 Å². The first-order valence-electron chi connectivity index (χ1n) is 16.3. The van der Waals surface area contributed by atoms with Crippen LogP contribution in [0.2, 0.25) is 0 Å². The molecule has 0 aliphatic rings. The van der Waals surface area contributed by atoms with Gasteiger partial charge in [-0.25, -0.2) is 0 Å². The van der Waals surface area contributed by atoms with Crippen LogP contribution in [0.3, 0.4) is 0 Å². The van der Waals surface area contributed by atoms with Gasteiger partial charge >= 0.3 is 0 Å². The summed E-state index contributed by atoms with van der Waals surface area (Å²) in [7, 11) is 0. The van der Waals surface area contributed by atoms with E-state index in [0.717, 1.165) is 0 Å². The molecular weight excluding hydrogens is 302 g/mol. The number of rotatable bonds is 2. The average molecular weight is 343 g/mol. The van der Waals surface area contributed by atoms with Gasteiger partial charge in [-0.15, -0.1) is 0 Å². The second-order valence-corrected chi connectivity index (χ2v) is 4.29. The Bertz CT molecular complexity index is 1480. The molecule has 0 atom stereocenters. The molecule has 0 aliphatic carbocycles. The predicted molar refractivity (Wildman–Crippen MR) is 108 cm³/mol. The van der Waals surface area contributed by atoms with Crippen LogP contribution < -0.4 is 5.73 Å². The number of nitrogens with two attached hydrogens (primary N) is 1. The van der Waals surface area contributed by atoms with Crippen molar-refractivity contribution >= 4 is 5.69 Å². The summed E-state index contributed by atoms with van der Waals surface area (Å²) in [6.07, 6.45) is 0. The van der Waals surface area contributed by atoms with E-state index in [1.165, 1.54) is 0 Å². The molecule has 0 spiro atoms. The number of benzene rings is 4. The molecule has 0 saturated carbocycles. The zero-order valence-electron chi connectivity index (χ0n) is 31.6. The molecule has 122 valence electrons. The Kier molecular flexibility index (Phi) is 1.73. The Balaban J connectivity index is 0.000000240. The fourth-order valence-corrected chi connectivity index (χ4v) is 1.57. The number of hydrogen-bond donors (Lipinski definition) is 1. The Morgan fingerprint density at radius 2 is 0.680 bits per heavy atom. The van der Waals surface area contributed by atoms with Crippen LogP contribution in [0.15, 0.2) is 115 Å². The molecule has 0 bridgehead atoms. The molecule has 0 fully saturated rings. The van der Waals surface area contributed by atoms with Gasteiger partial charge in [0.2, 0.25) is 0 Å². The summed E-state index contributed by atoms with van der Waals surface area (Å²) < 4.78 is 147. The standard InChI is InChI=1S/C12H11N.C12H10/c13-12-8-6-11(7-9-12)10-4-2-1-3-5-10;1-3-7-11(8-4-1)12-9-5-2-6-10-12/h1-9H,13H2;1-10H/i1D,2D,3D,4D,5D,6D,7D,8D,9D;1D,2D,3D,4D,5D,6D,7D,8D,9D,10D. The Labute approximate surface area is 176 Å². The molecule has 0 unspecified atom stereocenters. The molecule has 0 radical (unpaired) electrons. The van der Waals surface area contributed by atoms with E-state index in [1.807, 2.05) is 0 Å². The fraction of sp³-hybridized carbons (Fsp3) is 0. The van der Waals surface area contributed by atoms with E-state index >= 15 is 0 Å². The van der Waals surface area contributed by atoms with Gasteiger partial charge in [-0.3, -0.25) is 0 Å². The average Bonchev–Trinajstić information content (AvgIpc) is 3.00. The molecule has 0 aliphatic heterocycles. The van der Waals surface area contributed by atoms with Gasteiger partial charge < -0.3 is 5.73 Å². The molecule has 4 rings (SSSR count). The Morgan fingerprint density at radius 3 is 1.00 bits per heavy atom. The molecule has 1 nitrogen and oxygen atoms in total. The minimum atomic E-state index is -0.622. The quantitative estimate of drug-likeness (QED) is 0.426. The summed E-state index contributed by atoms with van der Waals surface area (Å²) >= 11 is 0. The maximum atomic E-state index is 7.89. The number of hydrogen-bond acceptors (Lipinski definition) is 1. The topological polar surface area (TPSA) is 26.0 Å². The van der Waals surface area contributed by atoms with Gasteiger partial charge in [0.05, 0.1) is 26.0 Å². The van der Waals surface area contributed by atoms with Crippen LogP contribution in [-0.2, 0) is 0 Å². The number of nitrogen functional groups attached to an aromatic ring is 1. The molecule has 4 aromatic rings. The molecule has 0 amide bonds. The van der Waals surface area contributed by atoms with Gasteiger partial charge in [-0.1, -0.05) is 103 Å². The van der Waals surface area contributed by atoms with Crippen LogP contribution in [0, 0.1) is 0 Å². The maximum absolute atomic E-state index is 7.89. The molecule has 4 aromatic carbocycles. The monoisotopic (exact) mass is 342 g/mol. The highest BCUT2D eigenvalue weighted by Gasteiger charge is 1.94. The van der Waals surface area contributed by atoms with E-state index in [2.05, 4.69) is 0 Å². The predicted octanol–water partition coefficient (Wildman–Crippen LogP) is 6.29. The molecule has 0 heterocycles. The zero-order valence-corrected chi connectivity index (χ0v) is 12.6. The fourth-order valence-electron chi connectivity index (χ4n) is 1.57. The minimum Gasteiger partial charge on any atom is -0.399 e. The smallest absolute Gasteiger partial charge is 0.0645 e. The van der Waals surface area contributed by atoms with Crippen LogP contribution in [0.25, 0.3) is 22.3 Å². The third-order valence-electron chi connectivity index (χ3n) is 2.64. The van der Waals surface area contributed by atoms with Crippen molar-refractivity contribution in [2.75, 3.05) is 5.73 Å². The second-order valence-electron chi connectivity index (χ2n) is 4.29. The van der Waals surface area contributed by atoms with Crippen molar-refractivity contribution in [2.45, 2.75) is 0 Å². The van der Waals surface area contributed by atoms with Crippen molar-refractivity contribution in [1.29, 1.82) is 0 Å². The maximum Gasteiger partial charge on any atom is 0.0645 e. The van der Waals surface area contributed by atoms with Gasteiger partial charge in [-0.05, 0) is 34.3 Å². The summed E-state index contributed by atoms with van der Waals surface area (Å²) in [6, 6.07) is -11.2. The lowest BCUT2D eigenvalue weighted by atomic mass is 10.1. The van der Waals surface area contributed by atoms with Crippen molar-refractivity contribution in [3.8, 4) is 22.3 Å². The van der Waals surface area contributed by atoms with Crippen LogP contribution in [-0.4, -0.2) is 0 Å². The van der Waals surface area contributed by atoms with Crippen molar-refractivity contribution in [3.05, 3.63) is 115 Å². The molecule has 0 saturated heterocycles. The van der Waals surface area contributed by atoms with E-state index in [0.29, 0.717) is 0 Å². The lowest BCUT2D eigenvalue weighted by Gasteiger charge is -2.00. The summed E-state index contributed by atoms with van der Waals surface area (Å²) in [5.41, 5.74) is 3.59. The highest BCUT2D eigenvalue weighted by atomic mass is 14.5. The molecule has 0 aromatic heterocycles. The van der Waals surface area contributed by atoms with E-state index in [-0.39, 0.29) is 16.8 Å². The van der Waals surface area contributed by atoms with E-state index in [1.54, 1.807) is 0 Å². The first kappa shape index (κ1) is 5.09. The first-order valence-corrected chi connectivity index (χ1v) is 6.79. The van der Waals surface area contributed by atoms with Gasteiger partial charge in [0.15, 0.2) is 0 Å². The van der Waals surface area contributed by atoms with Crippen LogP contribution in [0.5, 0.6) is 0 Å². The van der Waals surface area contributed by atoms with E-state index < -0.39 is 126 Å². The highest BCUT2D eigenvalue weighted by Crippen LogP contribution is 2.19. The van der Waals surface area contributed by atoms with Crippen LogP contribution >= 0.6 is 0 Å². The first-order chi connectivity index (χ1) is 20.2. The molecule has 25 heavy (non-hydrogen) atoms. The van der Waals surface area contributed by atoms with E-state index in [9.17, 15) is 0 Å². The van der Waals surface area contributed by atoms with Crippen LogP contribution in [0.1, 0.15) is 26.0 Å². The summed E-state index contributed by atoms with van der Waals surface area (Å²) in [5, 5.41) is 0. The third kappa shape index (κ3) is 4.82. The zero-order chi connectivity index (χ0) is 33.9. The minimum absolute atomic E-state index is 0.355. The largest absolute Gasteiger partial charge is 0.399 e. The van der Waals surface area contributed by atoms with Crippen molar-refractivity contribution < 1.29 is 26.0 Å². The normalized spacial score (nSPS) is 20.4. The van der Waals surface area contributed by atoms with Crippen molar-refractivity contribution in [1.82, 2.24) is 0 Å². The Hall–Kier alpha value is -3.32. The van der Waals surface area contributed by atoms with Gasteiger partial charge in [0.25, 0.3) is 0 Å². The molecule has 1 heteroatoms. The lowest BCUT2D eigenvalue weighted by Crippen LogP contribution is -1.83. The van der Waals surface area contributed by atoms with Gasteiger partial charge in [-0.2, -0.15) is 0 Å². The van der Waals surface area contributed by atoms with E-state index in [4.69, 9.17) is 31.8 Å². The van der Waals surface area contributed by atoms with Crippen LogP contribution in [0.4, 0.5) is 5.69 Å². The second kappa shape index (κ2) is 8.51. The van der Waals surface area contributed by atoms with Crippen molar-refractivity contribution in [2.24, 2.45) is 0 Å². The van der Waals surface area contributed by atoms with Gasteiger partial charge in [0, 0.05) is 5.69 Å². The lowest BCUT2D eigenvalue weighted by molar-refractivity contribution is 1.61. The Morgan fingerprint density at radius 1 is 0.400 bits per heavy atom. The summed E-state index contributed by atoms with van der Waals surface area (Å²) in [6.45, 7) is 0. The van der Waals surface area contributed by atoms with Crippen molar-refractivity contribution in [3.63, 3.8) is 0 Å². The number of anilines is 1. The summed E-state index contributed by atoms with van der Waals surface area (Å²) in [5.74, 6) is 0. The third-order valence-corrected chi connectivity index (χ3v) is 2.64. The highest BCUT2D eigenvalue weighted by molar-refractivity contribution is 5.65. The molecular formula is C24H21N. The summed E-state index contributed by atoms with van der Waals surface area (Å²) in [4.78, 5) is 0.